The summed E-state index contributed by atoms with van der Waals surface area (Å²) in [5, 5.41) is 8.61. The van der Waals surface area contributed by atoms with Gasteiger partial charge in [-0.2, -0.15) is 0 Å². The number of rotatable bonds is 7. The first-order chi connectivity index (χ1) is 10.8. The Labute approximate surface area is 129 Å². The van der Waals surface area contributed by atoms with Crippen LogP contribution in [0.2, 0.25) is 0 Å². The molecule has 0 aliphatic rings. The van der Waals surface area contributed by atoms with Crippen LogP contribution in [0.3, 0.4) is 0 Å². The highest BCUT2D eigenvalue weighted by Crippen LogP contribution is 2.16. The number of hydrogen-bond acceptors (Lipinski definition) is 5. The lowest BCUT2D eigenvalue weighted by atomic mass is 10.3. The Bertz CT molecular complexity index is 591. The molecular weight excluding hydrogens is 282 g/mol. The lowest BCUT2D eigenvalue weighted by Crippen LogP contribution is -2.30. The van der Waals surface area contributed by atoms with Gasteiger partial charge in [-0.25, -0.2) is 14.8 Å². The molecule has 0 unspecified atom stereocenters. The monoisotopic (exact) mass is 301 g/mol. The highest BCUT2D eigenvalue weighted by atomic mass is 16.5. The number of urea groups is 1. The van der Waals surface area contributed by atoms with Gasteiger partial charge < -0.3 is 20.7 Å². The molecule has 3 N–H and O–H groups in total. The second kappa shape index (κ2) is 8.46. The van der Waals surface area contributed by atoms with E-state index in [1.807, 2.05) is 12.1 Å². The number of anilines is 2. The van der Waals surface area contributed by atoms with Gasteiger partial charge in [-0.15, -0.1) is 0 Å². The third kappa shape index (κ3) is 5.28. The van der Waals surface area contributed by atoms with Crippen LogP contribution in [0.5, 0.6) is 5.75 Å². The standard InChI is InChI=1S/C15H19N5O2/c1-22-13-6-2-5-12(11-13)20-15(21)19-10-4-9-18-14-16-7-3-8-17-14/h2-3,5-8,11H,4,9-10H2,1H3,(H,16,17,18)(H2,19,20,21). The summed E-state index contributed by atoms with van der Waals surface area (Å²) in [5.41, 5.74) is 0.688. The number of carbonyl (C=O) groups excluding carboxylic acids is 1. The van der Waals surface area contributed by atoms with Gasteiger partial charge in [-0.05, 0) is 24.6 Å². The predicted molar refractivity (Wildman–Crippen MR) is 85.2 cm³/mol. The summed E-state index contributed by atoms with van der Waals surface area (Å²) in [6.07, 6.45) is 4.12. The summed E-state index contributed by atoms with van der Waals surface area (Å²) in [4.78, 5) is 19.8. The van der Waals surface area contributed by atoms with E-state index in [1.54, 1.807) is 37.7 Å². The third-order valence-electron chi connectivity index (χ3n) is 2.82. The van der Waals surface area contributed by atoms with Crippen LogP contribution in [0.25, 0.3) is 0 Å². The van der Waals surface area contributed by atoms with E-state index in [1.165, 1.54) is 0 Å². The summed E-state index contributed by atoms with van der Waals surface area (Å²) in [6, 6.07) is 8.71. The van der Waals surface area contributed by atoms with Crippen molar-refractivity contribution in [2.45, 2.75) is 6.42 Å². The van der Waals surface area contributed by atoms with Crippen LogP contribution >= 0.6 is 0 Å². The molecular formula is C15H19N5O2. The molecule has 0 atom stereocenters. The molecule has 0 bridgehead atoms. The zero-order chi connectivity index (χ0) is 15.6. The van der Waals surface area contributed by atoms with Crippen molar-refractivity contribution in [1.29, 1.82) is 0 Å². The van der Waals surface area contributed by atoms with Crippen LogP contribution in [0, 0.1) is 0 Å². The van der Waals surface area contributed by atoms with E-state index in [9.17, 15) is 4.79 Å². The minimum absolute atomic E-state index is 0.246. The Kier molecular flexibility index (Phi) is 5.98. The van der Waals surface area contributed by atoms with E-state index in [0.717, 1.165) is 6.42 Å². The maximum absolute atomic E-state index is 11.7. The Morgan fingerprint density at radius 2 is 2.00 bits per heavy atom. The van der Waals surface area contributed by atoms with E-state index in [4.69, 9.17) is 4.74 Å². The second-order valence-electron chi connectivity index (χ2n) is 4.47. The first-order valence-electron chi connectivity index (χ1n) is 6.98. The summed E-state index contributed by atoms with van der Waals surface area (Å²) in [5.74, 6) is 1.29. The summed E-state index contributed by atoms with van der Waals surface area (Å²) in [6.45, 7) is 1.24. The molecule has 2 aromatic rings. The number of nitrogens with one attached hydrogen (secondary N) is 3. The summed E-state index contributed by atoms with van der Waals surface area (Å²) < 4.78 is 5.10. The van der Waals surface area contributed by atoms with Crippen LogP contribution in [-0.4, -0.2) is 36.2 Å². The highest BCUT2D eigenvalue weighted by molar-refractivity contribution is 5.89. The van der Waals surface area contributed by atoms with E-state index in [0.29, 0.717) is 30.5 Å². The van der Waals surface area contributed by atoms with Gasteiger partial charge in [0.05, 0.1) is 7.11 Å². The zero-order valence-electron chi connectivity index (χ0n) is 12.4. The molecule has 22 heavy (non-hydrogen) atoms. The predicted octanol–water partition coefficient (Wildman–Crippen LogP) is 2.11. The molecule has 0 fully saturated rings. The lowest BCUT2D eigenvalue weighted by Gasteiger charge is -2.09. The molecule has 1 heterocycles. The van der Waals surface area contributed by atoms with Crippen molar-refractivity contribution in [3.05, 3.63) is 42.7 Å². The van der Waals surface area contributed by atoms with Gasteiger partial charge in [-0.3, -0.25) is 0 Å². The quantitative estimate of drug-likeness (QED) is 0.682. The van der Waals surface area contributed by atoms with Gasteiger partial charge in [0.15, 0.2) is 0 Å². The SMILES string of the molecule is COc1cccc(NC(=O)NCCCNc2ncccn2)c1. The zero-order valence-corrected chi connectivity index (χ0v) is 12.4. The van der Waals surface area contributed by atoms with Gasteiger partial charge in [0.25, 0.3) is 0 Å². The average molecular weight is 301 g/mol. The molecule has 7 heteroatoms. The second-order valence-corrected chi connectivity index (χ2v) is 4.47. The summed E-state index contributed by atoms with van der Waals surface area (Å²) >= 11 is 0. The number of carbonyl (C=O) groups is 1. The van der Waals surface area contributed by atoms with Gasteiger partial charge in [-0.1, -0.05) is 6.07 Å². The largest absolute Gasteiger partial charge is 0.497 e. The molecule has 1 aromatic carbocycles. The molecule has 0 aliphatic heterocycles. The van der Waals surface area contributed by atoms with Crippen molar-refractivity contribution in [1.82, 2.24) is 15.3 Å². The van der Waals surface area contributed by atoms with Crippen LogP contribution in [0.4, 0.5) is 16.4 Å². The minimum Gasteiger partial charge on any atom is -0.497 e. The Morgan fingerprint density at radius 1 is 1.18 bits per heavy atom. The van der Waals surface area contributed by atoms with Crippen molar-refractivity contribution >= 4 is 17.7 Å². The summed E-state index contributed by atoms with van der Waals surface area (Å²) in [7, 11) is 1.59. The molecule has 2 amide bonds. The number of benzene rings is 1. The van der Waals surface area contributed by atoms with Crippen molar-refractivity contribution < 1.29 is 9.53 Å². The molecule has 7 nitrogen and oxygen atoms in total. The smallest absolute Gasteiger partial charge is 0.319 e. The van der Waals surface area contributed by atoms with Crippen LogP contribution in [-0.2, 0) is 0 Å². The van der Waals surface area contributed by atoms with Crippen LogP contribution in [0.15, 0.2) is 42.7 Å². The van der Waals surface area contributed by atoms with Crippen molar-refractivity contribution in [2.75, 3.05) is 30.8 Å². The maximum atomic E-state index is 11.7. The van der Waals surface area contributed by atoms with E-state index >= 15 is 0 Å². The lowest BCUT2D eigenvalue weighted by molar-refractivity contribution is 0.252. The number of amides is 2. The van der Waals surface area contributed by atoms with Crippen molar-refractivity contribution in [3.63, 3.8) is 0 Å². The Balaban J connectivity index is 1.63. The van der Waals surface area contributed by atoms with Crippen molar-refractivity contribution in [3.8, 4) is 5.75 Å². The van der Waals surface area contributed by atoms with Gasteiger partial charge in [0.1, 0.15) is 5.75 Å². The first kappa shape index (κ1) is 15.6. The highest BCUT2D eigenvalue weighted by Gasteiger charge is 2.02. The fourth-order valence-corrected chi connectivity index (χ4v) is 1.76. The third-order valence-corrected chi connectivity index (χ3v) is 2.82. The number of aromatic nitrogens is 2. The minimum atomic E-state index is -0.246. The Hall–Kier alpha value is -2.83. The van der Waals surface area contributed by atoms with Crippen LogP contribution in [0.1, 0.15) is 6.42 Å². The van der Waals surface area contributed by atoms with Gasteiger partial charge in [0.2, 0.25) is 5.95 Å². The molecule has 2 rings (SSSR count). The van der Waals surface area contributed by atoms with Crippen molar-refractivity contribution in [2.24, 2.45) is 0 Å². The first-order valence-corrected chi connectivity index (χ1v) is 6.98. The maximum Gasteiger partial charge on any atom is 0.319 e. The molecule has 0 saturated carbocycles. The molecule has 116 valence electrons. The number of methoxy groups -OCH3 is 1. The van der Waals surface area contributed by atoms with E-state index in [-0.39, 0.29) is 6.03 Å². The number of nitrogens with zero attached hydrogens (tertiary/aromatic N) is 2. The normalized spacial score (nSPS) is 9.86. The molecule has 0 radical (unpaired) electrons. The van der Waals surface area contributed by atoms with Gasteiger partial charge >= 0.3 is 6.03 Å². The van der Waals surface area contributed by atoms with E-state index in [2.05, 4.69) is 25.9 Å². The number of hydrogen-bond donors (Lipinski definition) is 3. The van der Waals surface area contributed by atoms with E-state index < -0.39 is 0 Å². The topological polar surface area (TPSA) is 88.2 Å². The fourth-order valence-electron chi connectivity index (χ4n) is 1.76. The fraction of sp³-hybridized carbons (Fsp3) is 0.267. The molecule has 0 aliphatic carbocycles. The molecule has 0 spiro atoms. The number of ether oxygens (including phenoxy) is 1. The molecule has 1 aromatic heterocycles. The molecule has 0 saturated heterocycles. The Morgan fingerprint density at radius 3 is 2.77 bits per heavy atom. The van der Waals surface area contributed by atoms with Gasteiger partial charge in [0, 0.05) is 37.2 Å². The van der Waals surface area contributed by atoms with Crippen LogP contribution < -0.4 is 20.7 Å². The average Bonchev–Trinajstić information content (AvgIpc) is 2.55.